The zero-order valence-electron chi connectivity index (χ0n) is 10.1. The molecule has 7 heteroatoms. The number of benzene rings is 1. The highest BCUT2D eigenvalue weighted by molar-refractivity contribution is 9.10. The summed E-state index contributed by atoms with van der Waals surface area (Å²) >= 11 is 3.23. The number of nitro benzene ring substituents is 1. The first-order valence-electron chi connectivity index (χ1n) is 5.74. The Hall–Kier alpha value is -1.73. The van der Waals surface area contributed by atoms with E-state index in [0.29, 0.717) is 23.1 Å². The molecule has 0 radical (unpaired) electrons. The molecule has 1 aromatic carbocycles. The fraction of sp³-hybridized carbons (Fsp3) is 0.250. The van der Waals surface area contributed by atoms with Crippen LogP contribution >= 0.6 is 15.9 Å². The van der Waals surface area contributed by atoms with Crippen LogP contribution in [0.15, 0.2) is 35.1 Å². The Bertz CT molecular complexity index is 597. The maximum atomic E-state index is 11.0. The van der Waals surface area contributed by atoms with Gasteiger partial charge in [0.05, 0.1) is 23.2 Å². The average Bonchev–Trinajstić information content (AvgIpc) is 2.79. The predicted molar refractivity (Wildman–Crippen MR) is 74.9 cm³/mol. The van der Waals surface area contributed by atoms with Gasteiger partial charge in [0, 0.05) is 16.7 Å². The van der Waals surface area contributed by atoms with Crippen molar-refractivity contribution in [1.29, 1.82) is 0 Å². The van der Waals surface area contributed by atoms with Crippen molar-refractivity contribution >= 4 is 21.6 Å². The van der Waals surface area contributed by atoms with Crippen molar-refractivity contribution in [2.24, 2.45) is 5.73 Å². The van der Waals surface area contributed by atoms with E-state index in [2.05, 4.69) is 21.0 Å². The summed E-state index contributed by atoms with van der Waals surface area (Å²) in [6.45, 7) is 0.929. The first-order valence-corrected chi connectivity index (χ1v) is 6.53. The van der Waals surface area contributed by atoms with Crippen molar-refractivity contribution in [1.82, 2.24) is 9.78 Å². The second kappa shape index (κ2) is 5.94. The highest BCUT2D eigenvalue weighted by Crippen LogP contribution is 2.24. The number of halogens is 1. The van der Waals surface area contributed by atoms with Crippen LogP contribution in [-0.4, -0.2) is 21.2 Å². The minimum atomic E-state index is -0.385. The predicted octanol–water partition coefficient (Wildman–Crippen LogP) is 2.10. The van der Waals surface area contributed by atoms with Crippen LogP contribution in [0, 0.1) is 10.1 Å². The Labute approximate surface area is 118 Å². The van der Waals surface area contributed by atoms with E-state index in [9.17, 15) is 10.1 Å². The molecule has 0 fully saturated rings. The largest absolute Gasteiger partial charge is 0.330 e. The van der Waals surface area contributed by atoms with Gasteiger partial charge in [0.1, 0.15) is 0 Å². The molecule has 1 heterocycles. The van der Waals surface area contributed by atoms with Crippen LogP contribution in [0.2, 0.25) is 0 Å². The van der Waals surface area contributed by atoms with Crippen LogP contribution in [0.3, 0.4) is 0 Å². The van der Waals surface area contributed by atoms with E-state index in [4.69, 9.17) is 5.73 Å². The molecule has 0 aliphatic heterocycles. The van der Waals surface area contributed by atoms with Crippen molar-refractivity contribution in [2.75, 3.05) is 6.54 Å². The van der Waals surface area contributed by atoms with E-state index in [-0.39, 0.29) is 10.6 Å². The normalized spacial score (nSPS) is 10.6. The molecule has 0 spiro atoms. The monoisotopic (exact) mass is 324 g/mol. The summed E-state index contributed by atoms with van der Waals surface area (Å²) in [5.41, 5.74) is 7.21. The SMILES string of the molecule is NCCc1cnn(Cc2ccc(Br)cc2[N+](=O)[O-])c1. The molecule has 2 N–H and O–H groups in total. The lowest BCUT2D eigenvalue weighted by atomic mass is 10.2. The fourth-order valence-electron chi connectivity index (χ4n) is 1.80. The van der Waals surface area contributed by atoms with E-state index in [1.807, 2.05) is 6.20 Å². The number of aromatic nitrogens is 2. The van der Waals surface area contributed by atoms with Crippen molar-refractivity contribution in [2.45, 2.75) is 13.0 Å². The third-order valence-corrected chi connectivity index (χ3v) is 3.19. The second-order valence-electron chi connectivity index (χ2n) is 4.11. The van der Waals surface area contributed by atoms with Crippen molar-refractivity contribution in [3.05, 3.63) is 56.3 Å². The van der Waals surface area contributed by atoms with Gasteiger partial charge in [-0.05, 0) is 30.7 Å². The zero-order valence-corrected chi connectivity index (χ0v) is 11.7. The number of hydrogen-bond donors (Lipinski definition) is 1. The van der Waals surface area contributed by atoms with Crippen molar-refractivity contribution in [3.8, 4) is 0 Å². The Balaban J connectivity index is 2.24. The van der Waals surface area contributed by atoms with Crippen LogP contribution < -0.4 is 5.73 Å². The van der Waals surface area contributed by atoms with Crippen LogP contribution in [-0.2, 0) is 13.0 Å². The maximum absolute atomic E-state index is 11.0. The number of nitrogens with zero attached hydrogens (tertiary/aromatic N) is 3. The van der Waals surface area contributed by atoms with Gasteiger partial charge in [-0.2, -0.15) is 5.10 Å². The molecule has 0 aliphatic carbocycles. The molecule has 0 atom stereocenters. The van der Waals surface area contributed by atoms with Gasteiger partial charge in [-0.1, -0.05) is 15.9 Å². The summed E-state index contributed by atoms with van der Waals surface area (Å²) in [7, 11) is 0. The average molecular weight is 325 g/mol. The lowest BCUT2D eigenvalue weighted by Gasteiger charge is -2.04. The molecular weight excluding hydrogens is 312 g/mol. The van der Waals surface area contributed by atoms with Crippen LogP contribution in [0.1, 0.15) is 11.1 Å². The maximum Gasteiger partial charge on any atom is 0.275 e. The highest BCUT2D eigenvalue weighted by atomic mass is 79.9. The van der Waals surface area contributed by atoms with E-state index >= 15 is 0 Å². The summed E-state index contributed by atoms with van der Waals surface area (Å²) in [5, 5.41) is 15.2. The summed E-state index contributed by atoms with van der Waals surface area (Å²) in [5.74, 6) is 0. The summed E-state index contributed by atoms with van der Waals surface area (Å²) in [4.78, 5) is 10.6. The lowest BCUT2D eigenvalue weighted by Crippen LogP contribution is -2.04. The highest BCUT2D eigenvalue weighted by Gasteiger charge is 2.14. The summed E-state index contributed by atoms with van der Waals surface area (Å²) in [6, 6.07) is 5.01. The summed E-state index contributed by atoms with van der Waals surface area (Å²) < 4.78 is 2.37. The van der Waals surface area contributed by atoms with Gasteiger partial charge in [0.2, 0.25) is 0 Å². The number of hydrogen-bond acceptors (Lipinski definition) is 4. The van der Waals surface area contributed by atoms with E-state index in [1.165, 1.54) is 6.07 Å². The van der Waals surface area contributed by atoms with Crippen molar-refractivity contribution < 1.29 is 4.92 Å². The first-order chi connectivity index (χ1) is 9.10. The van der Waals surface area contributed by atoms with E-state index in [1.54, 1.807) is 23.0 Å². The van der Waals surface area contributed by atoms with E-state index in [0.717, 1.165) is 12.0 Å². The van der Waals surface area contributed by atoms with E-state index < -0.39 is 0 Å². The van der Waals surface area contributed by atoms with Gasteiger partial charge in [-0.3, -0.25) is 14.8 Å². The molecule has 0 saturated heterocycles. The van der Waals surface area contributed by atoms with Gasteiger partial charge in [0.15, 0.2) is 0 Å². The Morgan fingerprint density at radius 3 is 2.95 bits per heavy atom. The number of nitro groups is 1. The minimum Gasteiger partial charge on any atom is -0.330 e. The van der Waals surface area contributed by atoms with Crippen LogP contribution in [0.5, 0.6) is 0 Å². The minimum absolute atomic E-state index is 0.0882. The molecule has 1 aromatic heterocycles. The quantitative estimate of drug-likeness (QED) is 0.674. The molecule has 100 valence electrons. The third-order valence-electron chi connectivity index (χ3n) is 2.70. The fourth-order valence-corrected chi connectivity index (χ4v) is 2.15. The molecule has 0 unspecified atom stereocenters. The molecule has 6 nitrogen and oxygen atoms in total. The summed E-state index contributed by atoms with van der Waals surface area (Å²) in [6.07, 6.45) is 4.35. The third kappa shape index (κ3) is 3.39. The molecule has 0 aliphatic rings. The van der Waals surface area contributed by atoms with Gasteiger partial charge >= 0.3 is 0 Å². The topological polar surface area (TPSA) is 87.0 Å². The molecule has 0 amide bonds. The zero-order chi connectivity index (χ0) is 13.8. The van der Waals surface area contributed by atoms with Gasteiger partial charge in [-0.25, -0.2) is 0 Å². The van der Waals surface area contributed by atoms with Crippen LogP contribution in [0.25, 0.3) is 0 Å². The first kappa shape index (κ1) is 13.7. The van der Waals surface area contributed by atoms with Crippen molar-refractivity contribution in [3.63, 3.8) is 0 Å². The smallest absolute Gasteiger partial charge is 0.275 e. The molecule has 19 heavy (non-hydrogen) atoms. The molecule has 2 rings (SSSR count). The number of nitrogens with two attached hydrogens (primary N) is 1. The Morgan fingerprint density at radius 2 is 2.26 bits per heavy atom. The van der Waals surface area contributed by atoms with Crippen LogP contribution in [0.4, 0.5) is 5.69 Å². The molecule has 0 bridgehead atoms. The standard InChI is InChI=1S/C12H13BrN4O2/c13-11-2-1-10(12(5-11)17(18)19)8-16-7-9(3-4-14)6-15-16/h1-2,5-7H,3-4,8,14H2. The Morgan fingerprint density at radius 1 is 1.47 bits per heavy atom. The van der Waals surface area contributed by atoms with Gasteiger partial charge in [0.25, 0.3) is 5.69 Å². The lowest BCUT2D eigenvalue weighted by molar-refractivity contribution is -0.385. The Kier molecular flexibility index (Phi) is 4.28. The molecule has 2 aromatic rings. The second-order valence-corrected chi connectivity index (χ2v) is 5.03. The van der Waals surface area contributed by atoms with Gasteiger partial charge < -0.3 is 5.73 Å². The van der Waals surface area contributed by atoms with Gasteiger partial charge in [-0.15, -0.1) is 0 Å². The molecule has 0 saturated carbocycles. The molecular formula is C12H13BrN4O2. The number of rotatable bonds is 5.